The van der Waals surface area contributed by atoms with Crippen molar-refractivity contribution in [3.8, 4) is 0 Å². The zero-order valence-electron chi connectivity index (χ0n) is 9.96. The molecular formula is C11H14N4O2S. The molecule has 0 amide bonds. The molecule has 2 N–H and O–H groups in total. The van der Waals surface area contributed by atoms with Gasteiger partial charge in [-0.05, 0) is 13.3 Å². The number of nitrogens with one attached hydrogen (secondary N) is 1. The summed E-state index contributed by atoms with van der Waals surface area (Å²) < 4.78 is 5.22. The average molecular weight is 266 g/mol. The van der Waals surface area contributed by atoms with Gasteiger partial charge in [0.05, 0.1) is 18.6 Å². The van der Waals surface area contributed by atoms with Crippen LogP contribution in [0.25, 0.3) is 0 Å². The van der Waals surface area contributed by atoms with Gasteiger partial charge in [0.1, 0.15) is 5.01 Å². The number of aromatic nitrogens is 3. The molecule has 2 atom stereocenters. The predicted octanol–water partition coefficient (Wildman–Crippen LogP) is 0.821. The Hall–Kier alpha value is -1.31. The highest BCUT2D eigenvalue weighted by Gasteiger charge is 2.28. The maximum absolute atomic E-state index is 9.44. The second-order valence-electron chi connectivity index (χ2n) is 4.46. The summed E-state index contributed by atoms with van der Waals surface area (Å²) in [5.74, 6) is 1.19. The van der Waals surface area contributed by atoms with Gasteiger partial charge in [-0.25, -0.2) is 4.98 Å². The van der Waals surface area contributed by atoms with Gasteiger partial charge in [0.15, 0.2) is 5.82 Å². The van der Waals surface area contributed by atoms with Crippen molar-refractivity contribution < 1.29 is 9.63 Å². The third-order valence-electron chi connectivity index (χ3n) is 2.87. The molecule has 3 rings (SSSR count). The lowest BCUT2D eigenvalue weighted by atomic mass is 10.2. The summed E-state index contributed by atoms with van der Waals surface area (Å²) in [4.78, 5) is 8.71. The molecule has 3 heterocycles. The lowest BCUT2D eigenvalue weighted by Gasteiger charge is -2.01. The molecule has 2 unspecified atom stereocenters. The number of aryl methyl sites for hydroxylation is 1. The molecule has 0 radical (unpaired) electrons. The summed E-state index contributed by atoms with van der Waals surface area (Å²) in [6.07, 6.45) is 0.891. The van der Waals surface area contributed by atoms with Gasteiger partial charge in [0.25, 0.3) is 0 Å². The summed E-state index contributed by atoms with van der Waals surface area (Å²) in [7, 11) is 0. The van der Waals surface area contributed by atoms with Gasteiger partial charge in [-0.3, -0.25) is 0 Å². The van der Waals surface area contributed by atoms with E-state index in [2.05, 4.69) is 20.4 Å². The van der Waals surface area contributed by atoms with Crippen molar-refractivity contribution in [3.05, 3.63) is 27.8 Å². The van der Waals surface area contributed by atoms with Crippen LogP contribution in [0.5, 0.6) is 0 Å². The zero-order valence-corrected chi connectivity index (χ0v) is 10.8. The van der Waals surface area contributed by atoms with Crippen molar-refractivity contribution in [3.63, 3.8) is 0 Å². The predicted molar refractivity (Wildman–Crippen MR) is 65.3 cm³/mol. The minimum atomic E-state index is -0.327. The summed E-state index contributed by atoms with van der Waals surface area (Å²) in [5, 5.41) is 19.5. The Morgan fingerprint density at radius 3 is 3.11 bits per heavy atom. The van der Waals surface area contributed by atoms with Crippen LogP contribution in [0.3, 0.4) is 0 Å². The number of hydrogen-bond acceptors (Lipinski definition) is 7. The maximum atomic E-state index is 9.44. The van der Waals surface area contributed by atoms with Crippen LogP contribution in [0.15, 0.2) is 9.90 Å². The second kappa shape index (κ2) is 4.75. The average Bonchev–Trinajstić information content (AvgIpc) is 3.01. The number of aliphatic hydroxyl groups is 1. The number of thiazole rings is 1. The molecule has 1 saturated heterocycles. The van der Waals surface area contributed by atoms with Gasteiger partial charge in [-0.1, -0.05) is 5.16 Å². The van der Waals surface area contributed by atoms with Gasteiger partial charge < -0.3 is 14.9 Å². The van der Waals surface area contributed by atoms with Crippen molar-refractivity contribution in [2.75, 3.05) is 6.54 Å². The number of β-amino-alcohol motifs (C(OH)–C–C–N with tert-alkyl or cyclic N) is 1. The van der Waals surface area contributed by atoms with Gasteiger partial charge in [0.2, 0.25) is 5.89 Å². The topological polar surface area (TPSA) is 84.1 Å². The Morgan fingerprint density at radius 1 is 1.56 bits per heavy atom. The van der Waals surface area contributed by atoms with E-state index in [1.807, 2.05) is 12.3 Å². The monoisotopic (exact) mass is 266 g/mol. The molecule has 0 bridgehead atoms. The molecule has 1 aliphatic rings. The molecule has 2 aromatic rings. The molecule has 96 valence electrons. The van der Waals surface area contributed by atoms with E-state index in [9.17, 15) is 5.11 Å². The van der Waals surface area contributed by atoms with Crippen LogP contribution in [0.2, 0.25) is 0 Å². The second-order valence-corrected chi connectivity index (χ2v) is 5.40. The quantitative estimate of drug-likeness (QED) is 0.855. The largest absolute Gasteiger partial charge is 0.392 e. The van der Waals surface area contributed by atoms with Crippen LogP contribution in [0, 0.1) is 6.92 Å². The Morgan fingerprint density at radius 2 is 2.44 bits per heavy atom. The molecule has 0 spiro atoms. The molecule has 18 heavy (non-hydrogen) atoms. The Kier molecular flexibility index (Phi) is 3.11. The highest BCUT2D eigenvalue weighted by Crippen LogP contribution is 2.22. The first-order valence-corrected chi connectivity index (χ1v) is 6.73. The van der Waals surface area contributed by atoms with Gasteiger partial charge in [0, 0.05) is 17.6 Å². The zero-order chi connectivity index (χ0) is 12.5. The van der Waals surface area contributed by atoms with Crippen LogP contribution in [0.4, 0.5) is 0 Å². The molecule has 2 aromatic heterocycles. The van der Waals surface area contributed by atoms with E-state index < -0.39 is 0 Å². The fourth-order valence-electron chi connectivity index (χ4n) is 2.01. The van der Waals surface area contributed by atoms with Crippen LogP contribution in [-0.4, -0.2) is 32.9 Å². The highest BCUT2D eigenvalue weighted by atomic mass is 32.1. The van der Waals surface area contributed by atoms with Gasteiger partial charge >= 0.3 is 0 Å². The van der Waals surface area contributed by atoms with E-state index >= 15 is 0 Å². The highest BCUT2D eigenvalue weighted by molar-refractivity contribution is 7.09. The molecule has 0 saturated carbocycles. The van der Waals surface area contributed by atoms with Gasteiger partial charge in [-0.2, -0.15) is 4.98 Å². The third-order valence-corrected chi connectivity index (χ3v) is 3.83. The van der Waals surface area contributed by atoms with E-state index in [1.54, 1.807) is 11.3 Å². The molecular weight excluding hydrogens is 252 g/mol. The first-order valence-electron chi connectivity index (χ1n) is 5.85. The van der Waals surface area contributed by atoms with Crippen molar-refractivity contribution in [2.45, 2.75) is 31.9 Å². The van der Waals surface area contributed by atoms with E-state index in [4.69, 9.17) is 4.52 Å². The van der Waals surface area contributed by atoms with Gasteiger partial charge in [-0.15, -0.1) is 11.3 Å². The molecule has 1 aliphatic heterocycles. The standard InChI is InChI=1S/C11H14N4O2S/c1-6-5-18-10(13-6)3-9-14-11(17-15-9)8-2-7(16)4-12-8/h5,7-8,12,16H,2-4H2,1H3. The molecule has 7 heteroatoms. The molecule has 0 aliphatic carbocycles. The summed E-state index contributed by atoms with van der Waals surface area (Å²) in [5.41, 5.74) is 1.01. The molecule has 0 aromatic carbocycles. The first kappa shape index (κ1) is 11.8. The summed E-state index contributed by atoms with van der Waals surface area (Å²) in [6.45, 7) is 2.54. The minimum absolute atomic E-state index is 0.0284. The smallest absolute Gasteiger partial charge is 0.243 e. The molecule has 1 fully saturated rings. The van der Waals surface area contributed by atoms with E-state index in [0.717, 1.165) is 10.7 Å². The van der Waals surface area contributed by atoms with Crippen molar-refractivity contribution in [2.24, 2.45) is 0 Å². The lowest BCUT2D eigenvalue weighted by Crippen LogP contribution is -2.15. The number of aliphatic hydroxyl groups excluding tert-OH is 1. The summed E-state index contributed by atoms with van der Waals surface area (Å²) >= 11 is 1.60. The fraction of sp³-hybridized carbons (Fsp3) is 0.545. The number of nitrogens with zero attached hydrogens (tertiary/aromatic N) is 3. The Balaban J connectivity index is 1.70. The molecule has 6 nitrogen and oxygen atoms in total. The maximum Gasteiger partial charge on any atom is 0.243 e. The number of hydrogen-bond donors (Lipinski definition) is 2. The van der Waals surface area contributed by atoms with Crippen LogP contribution >= 0.6 is 11.3 Å². The van der Waals surface area contributed by atoms with Crippen LogP contribution in [-0.2, 0) is 6.42 Å². The van der Waals surface area contributed by atoms with Crippen molar-refractivity contribution >= 4 is 11.3 Å². The minimum Gasteiger partial charge on any atom is -0.392 e. The Labute approximate surface area is 108 Å². The van der Waals surface area contributed by atoms with E-state index in [1.165, 1.54) is 0 Å². The third kappa shape index (κ3) is 2.43. The number of rotatable bonds is 3. The normalized spacial score (nSPS) is 23.7. The Bertz CT molecular complexity index is 539. The van der Waals surface area contributed by atoms with E-state index in [0.29, 0.717) is 31.1 Å². The van der Waals surface area contributed by atoms with Crippen LogP contribution < -0.4 is 5.32 Å². The van der Waals surface area contributed by atoms with E-state index in [-0.39, 0.29) is 12.1 Å². The van der Waals surface area contributed by atoms with Crippen molar-refractivity contribution in [1.82, 2.24) is 20.4 Å². The fourth-order valence-corrected chi connectivity index (χ4v) is 2.77. The first-order chi connectivity index (χ1) is 8.70. The summed E-state index contributed by atoms with van der Waals surface area (Å²) in [6, 6.07) is -0.0284. The SMILES string of the molecule is Cc1csc(Cc2noc(C3CC(O)CN3)n2)n1. The van der Waals surface area contributed by atoms with Crippen LogP contribution in [0.1, 0.15) is 34.9 Å². The van der Waals surface area contributed by atoms with Crippen molar-refractivity contribution in [1.29, 1.82) is 0 Å². The lowest BCUT2D eigenvalue weighted by molar-refractivity contribution is 0.191.